The summed E-state index contributed by atoms with van der Waals surface area (Å²) in [6, 6.07) is 6.98. The maximum Gasteiger partial charge on any atom is 0.123 e. The smallest absolute Gasteiger partial charge is 0.123 e. The molecule has 2 heteroatoms. The molecule has 0 aromatic heterocycles. The van der Waals surface area contributed by atoms with Gasteiger partial charge in [0.2, 0.25) is 0 Å². The molecular weight excluding hydrogens is 201 g/mol. The molecule has 1 aromatic carbocycles. The average molecular weight is 217 g/mol. The second-order valence-electron chi connectivity index (χ2n) is 4.93. The molecule has 0 spiro atoms. The van der Waals surface area contributed by atoms with Crippen LogP contribution in [0.15, 0.2) is 30.3 Å². The second kappa shape index (κ2) is 4.02. The first-order chi connectivity index (χ1) is 7.81. The molecule has 84 valence electrons. The molecule has 1 fully saturated rings. The summed E-state index contributed by atoms with van der Waals surface area (Å²) >= 11 is 0. The van der Waals surface area contributed by atoms with Crippen molar-refractivity contribution in [2.45, 2.75) is 12.8 Å². The molecule has 0 amide bonds. The van der Waals surface area contributed by atoms with Crippen LogP contribution in [0.2, 0.25) is 0 Å². The van der Waals surface area contributed by atoms with Crippen molar-refractivity contribution in [3.63, 3.8) is 0 Å². The van der Waals surface area contributed by atoms with Crippen LogP contribution in [0.1, 0.15) is 18.4 Å². The highest BCUT2D eigenvalue weighted by Gasteiger charge is 2.26. The van der Waals surface area contributed by atoms with Gasteiger partial charge in [-0.2, -0.15) is 0 Å². The van der Waals surface area contributed by atoms with Gasteiger partial charge in [-0.25, -0.2) is 4.39 Å². The standard InChI is InChI=1S/C14H16FN/c15-14-3-1-2-12(7-14)13-5-10-4-11(6-13)9-16-8-10/h1-3,5,7,10-11,16H,4,6,8-9H2. The number of benzene rings is 1. The van der Waals surface area contributed by atoms with Crippen LogP contribution < -0.4 is 5.32 Å². The van der Waals surface area contributed by atoms with Crippen molar-refractivity contribution in [3.05, 3.63) is 41.7 Å². The van der Waals surface area contributed by atoms with Gasteiger partial charge in [-0.05, 0) is 54.5 Å². The van der Waals surface area contributed by atoms with Gasteiger partial charge in [0.15, 0.2) is 0 Å². The predicted molar refractivity (Wildman–Crippen MR) is 63.5 cm³/mol. The van der Waals surface area contributed by atoms with E-state index in [1.54, 1.807) is 12.1 Å². The van der Waals surface area contributed by atoms with Gasteiger partial charge in [0.1, 0.15) is 5.82 Å². The van der Waals surface area contributed by atoms with Crippen LogP contribution in [0, 0.1) is 17.7 Å². The number of hydrogen-bond acceptors (Lipinski definition) is 1. The molecule has 1 heterocycles. The summed E-state index contributed by atoms with van der Waals surface area (Å²) in [5.41, 5.74) is 2.40. The number of nitrogens with one attached hydrogen (secondary N) is 1. The Morgan fingerprint density at radius 3 is 3.00 bits per heavy atom. The molecule has 16 heavy (non-hydrogen) atoms. The fourth-order valence-electron chi connectivity index (χ4n) is 2.92. The maximum absolute atomic E-state index is 13.2. The van der Waals surface area contributed by atoms with Crippen molar-refractivity contribution in [1.29, 1.82) is 0 Å². The number of rotatable bonds is 1. The van der Waals surface area contributed by atoms with E-state index in [4.69, 9.17) is 0 Å². The Labute approximate surface area is 95.4 Å². The van der Waals surface area contributed by atoms with Crippen molar-refractivity contribution in [1.82, 2.24) is 5.32 Å². The lowest BCUT2D eigenvalue weighted by Crippen LogP contribution is -2.37. The lowest BCUT2D eigenvalue weighted by atomic mass is 9.78. The number of halogens is 1. The minimum absolute atomic E-state index is 0.132. The van der Waals surface area contributed by atoms with Gasteiger partial charge in [-0.3, -0.25) is 0 Å². The molecule has 1 aliphatic heterocycles. The topological polar surface area (TPSA) is 12.0 Å². The van der Waals surface area contributed by atoms with E-state index < -0.39 is 0 Å². The Morgan fingerprint density at radius 1 is 1.25 bits per heavy atom. The van der Waals surface area contributed by atoms with Crippen LogP contribution in [-0.4, -0.2) is 13.1 Å². The van der Waals surface area contributed by atoms with E-state index in [0.717, 1.165) is 31.0 Å². The first-order valence-electron chi connectivity index (χ1n) is 5.98. The fourth-order valence-corrected chi connectivity index (χ4v) is 2.92. The van der Waals surface area contributed by atoms with Gasteiger partial charge in [0, 0.05) is 6.54 Å². The SMILES string of the molecule is Fc1cccc(C2=CC3CNCC(C2)C3)c1. The van der Waals surface area contributed by atoms with Crippen LogP contribution in [0.3, 0.4) is 0 Å². The number of fused-ring (bicyclic) bond motifs is 2. The molecule has 1 aliphatic carbocycles. The normalized spacial score (nSPS) is 28.7. The summed E-state index contributed by atoms with van der Waals surface area (Å²) in [5, 5.41) is 3.45. The van der Waals surface area contributed by atoms with E-state index in [9.17, 15) is 4.39 Å². The highest BCUT2D eigenvalue weighted by atomic mass is 19.1. The first-order valence-corrected chi connectivity index (χ1v) is 5.98. The molecule has 1 nitrogen and oxygen atoms in total. The first kappa shape index (κ1) is 10.0. The zero-order valence-electron chi connectivity index (χ0n) is 9.25. The molecule has 2 aliphatic rings. The highest BCUT2D eigenvalue weighted by molar-refractivity contribution is 5.67. The van der Waals surface area contributed by atoms with Crippen molar-refractivity contribution in [2.75, 3.05) is 13.1 Å². The second-order valence-corrected chi connectivity index (χ2v) is 4.93. The van der Waals surface area contributed by atoms with Gasteiger partial charge in [0.05, 0.1) is 0 Å². The van der Waals surface area contributed by atoms with Crippen molar-refractivity contribution >= 4 is 5.57 Å². The van der Waals surface area contributed by atoms with Crippen molar-refractivity contribution in [2.24, 2.45) is 11.8 Å². The molecule has 1 saturated heterocycles. The Balaban J connectivity index is 1.92. The number of piperidine rings is 1. The van der Waals surface area contributed by atoms with Crippen LogP contribution >= 0.6 is 0 Å². The average Bonchev–Trinajstić information content (AvgIpc) is 2.28. The van der Waals surface area contributed by atoms with Gasteiger partial charge in [0.25, 0.3) is 0 Å². The monoisotopic (exact) mass is 217 g/mol. The summed E-state index contributed by atoms with van der Waals surface area (Å²) < 4.78 is 13.2. The summed E-state index contributed by atoms with van der Waals surface area (Å²) in [6.45, 7) is 2.19. The fraction of sp³-hybridized carbons (Fsp3) is 0.429. The zero-order valence-corrected chi connectivity index (χ0v) is 9.25. The third-order valence-electron chi connectivity index (χ3n) is 3.62. The lowest BCUT2D eigenvalue weighted by molar-refractivity contribution is 0.317. The minimum Gasteiger partial charge on any atom is -0.316 e. The highest BCUT2D eigenvalue weighted by Crippen LogP contribution is 2.35. The van der Waals surface area contributed by atoms with E-state index in [1.807, 2.05) is 6.07 Å². The maximum atomic E-state index is 13.2. The number of hydrogen-bond donors (Lipinski definition) is 1. The molecule has 2 bridgehead atoms. The molecule has 0 radical (unpaired) electrons. The third kappa shape index (κ3) is 1.90. The molecule has 2 unspecified atom stereocenters. The summed E-state index contributed by atoms with van der Waals surface area (Å²) in [4.78, 5) is 0. The van der Waals surface area contributed by atoms with E-state index in [-0.39, 0.29) is 5.82 Å². The van der Waals surface area contributed by atoms with E-state index in [0.29, 0.717) is 5.92 Å². The van der Waals surface area contributed by atoms with Gasteiger partial charge >= 0.3 is 0 Å². The lowest BCUT2D eigenvalue weighted by Gasteiger charge is -2.34. The van der Waals surface area contributed by atoms with E-state index in [2.05, 4.69) is 11.4 Å². The number of allylic oxidation sites excluding steroid dienone is 1. The minimum atomic E-state index is -0.132. The molecule has 1 aromatic rings. The largest absolute Gasteiger partial charge is 0.316 e. The Hall–Kier alpha value is -1.15. The van der Waals surface area contributed by atoms with Gasteiger partial charge in [-0.15, -0.1) is 0 Å². The quantitative estimate of drug-likeness (QED) is 0.762. The van der Waals surface area contributed by atoms with Crippen LogP contribution in [0.5, 0.6) is 0 Å². The van der Waals surface area contributed by atoms with Crippen molar-refractivity contribution < 1.29 is 4.39 Å². The summed E-state index contributed by atoms with van der Waals surface area (Å²) in [6.07, 6.45) is 4.72. The van der Waals surface area contributed by atoms with E-state index in [1.165, 1.54) is 18.1 Å². The predicted octanol–water partition coefficient (Wildman–Crippen LogP) is 2.84. The van der Waals surface area contributed by atoms with Crippen molar-refractivity contribution in [3.8, 4) is 0 Å². The van der Waals surface area contributed by atoms with Crippen LogP contribution in [0.25, 0.3) is 5.57 Å². The Kier molecular flexibility index (Phi) is 2.52. The third-order valence-corrected chi connectivity index (χ3v) is 3.62. The van der Waals surface area contributed by atoms with E-state index >= 15 is 0 Å². The molecule has 1 N–H and O–H groups in total. The molecule has 2 atom stereocenters. The van der Waals surface area contributed by atoms with Gasteiger partial charge < -0.3 is 5.32 Å². The molecule has 0 saturated carbocycles. The Bertz CT molecular complexity index is 424. The summed E-state index contributed by atoms with van der Waals surface area (Å²) in [7, 11) is 0. The molecular formula is C14H16FN. The zero-order chi connectivity index (χ0) is 11.0. The Morgan fingerprint density at radius 2 is 2.19 bits per heavy atom. The molecule has 3 rings (SSSR count). The summed E-state index contributed by atoms with van der Waals surface area (Å²) in [5.74, 6) is 1.25. The van der Waals surface area contributed by atoms with Crippen LogP contribution in [-0.2, 0) is 0 Å². The van der Waals surface area contributed by atoms with Gasteiger partial charge in [-0.1, -0.05) is 18.2 Å². The van der Waals surface area contributed by atoms with Crippen LogP contribution in [0.4, 0.5) is 4.39 Å².